The SMILES string of the molecule is C=CCNC(=O)Cc1c[nH]c2cccc(F)c12. The largest absolute Gasteiger partial charge is 0.361 e. The molecule has 0 aliphatic rings. The van der Waals surface area contributed by atoms with Crippen molar-refractivity contribution in [2.24, 2.45) is 0 Å². The Morgan fingerprint density at radius 2 is 2.35 bits per heavy atom. The number of carbonyl (C=O) groups excluding carboxylic acids is 1. The molecule has 0 bridgehead atoms. The molecule has 0 aliphatic carbocycles. The van der Waals surface area contributed by atoms with E-state index in [1.165, 1.54) is 6.07 Å². The Hall–Kier alpha value is -2.10. The summed E-state index contributed by atoms with van der Waals surface area (Å²) in [5, 5.41) is 3.15. The molecule has 3 nitrogen and oxygen atoms in total. The summed E-state index contributed by atoms with van der Waals surface area (Å²) >= 11 is 0. The van der Waals surface area contributed by atoms with Crippen molar-refractivity contribution in [3.63, 3.8) is 0 Å². The smallest absolute Gasteiger partial charge is 0.224 e. The van der Waals surface area contributed by atoms with Gasteiger partial charge in [-0.2, -0.15) is 0 Å². The number of rotatable bonds is 4. The lowest BCUT2D eigenvalue weighted by Gasteiger charge is -2.01. The lowest BCUT2D eigenvalue weighted by Crippen LogP contribution is -2.24. The number of nitrogens with one attached hydrogen (secondary N) is 2. The van der Waals surface area contributed by atoms with Crippen molar-refractivity contribution in [2.75, 3.05) is 6.54 Å². The molecular weight excluding hydrogens is 219 g/mol. The standard InChI is InChI=1S/C13H13FN2O/c1-2-6-15-12(17)7-9-8-16-11-5-3-4-10(14)13(9)11/h2-5,8,16H,1,6-7H2,(H,15,17). The van der Waals surface area contributed by atoms with Gasteiger partial charge in [0.2, 0.25) is 5.91 Å². The van der Waals surface area contributed by atoms with Crippen LogP contribution in [0.5, 0.6) is 0 Å². The van der Waals surface area contributed by atoms with Crippen LogP contribution in [-0.4, -0.2) is 17.4 Å². The van der Waals surface area contributed by atoms with E-state index in [1.807, 2.05) is 0 Å². The number of carbonyl (C=O) groups is 1. The Morgan fingerprint density at radius 1 is 1.53 bits per heavy atom. The van der Waals surface area contributed by atoms with Gasteiger partial charge in [0.25, 0.3) is 0 Å². The van der Waals surface area contributed by atoms with Crippen LogP contribution in [0.2, 0.25) is 0 Å². The molecule has 1 aromatic carbocycles. The normalized spacial score (nSPS) is 10.4. The maximum atomic E-state index is 13.6. The molecule has 2 N–H and O–H groups in total. The van der Waals surface area contributed by atoms with Crippen LogP contribution in [0.3, 0.4) is 0 Å². The molecule has 1 heterocycles. The molecule has 2 aromatic rings. The van der Waals surface area contributed by atoms with Gasteiger partial charge in [0.15, 0.2) is 0 Å². The molecule has 0 atom stereocenters. The molecule has 4 heteroatoms. The third-order valence-electron chi connectivity index (χ3n) is 2.53. The number of amides is 1. The first-order valence-electron chi connectivity index (χ1n) is 5.34. The van der Waals surface area contributed by atoms with Gasteiger partial charge in [-0.05, 0) is 17.7 Å². The summed E-state index contributed by atoms with van der Waals surface area (Å²) < 4.78 is 13.6. The van der Waals surface area contributed by atoms with Gasteiger partial charge >= 0.3 is 0 Å². The second-order valence-electron chi connectivity index (χ2n) is 3.75. The Labute approximate surface area is 98.3 Å². The van der Waals surface area contributed by atoms with Crippen LogP contribution in [0.1, 0.15) is 5.56 Å². The Bertz CT molecular complexity index is 560. The highest BCUT2D eigenvalue weighted by Gasteiger charge is 2.11. The Morgan fingerprint density at radius 3 is 3.12 bits per heavy atom. The van der Waals surface area contributed by atoms with E-state index in [1.54, 1.807) is 24.4 Å². The molecule has 0 saturated heterocycles. The zero-order valence-electron chi connectivity index (χ0n) is 9.29. The van der Waals surface area contributed by atoms with Crippen molar-refractivity contribution in [3.05, 3.63) is 48.4 Å². The zero-order chi connectivity index (χ0) is 12.3. The lowest BCUT2D eigenvalue weighted by molar-refractivity contribution is -0.120. The fraction of sp³-hybridized carbons (Fsp3) is 0.154. The van der Waals surface area contributed by atoms with E-state index in [9.17, 15) is 9.18 Å². The molecule has 0 unspecified atom stereocenters. The molecular formula is C13H13FN2O. The molecule has 0 radical (unpaired) electrons. The molecule has 17 heavy (non-hydrogen) atoms. The molecule has 0 fully saturated rings. The summed E-state index contributed by atoms with van der Waals surface area (Å²) in [5.74, 6) is -0.454. The third-order valence-corrected chi connectivity index (χ3v) is 2.53. The van der Waals surface area contributed by atoms with Gasteiger partial charge in [0.1, 0.15) is 5.82 Å². The first-order valence-corrected chi connectivity index (χ1v) is 5.34. The van der Waals surface area contributed by atoms with Crippen LogP contribution >= 0.6 is 0 Å². The number of hydrogen-bond acceptors (Lipinski definition) is 1. The summed E-state index contributed by atoms with van der Waals surface area (Å²) in [6.45, 7) is 3.93. The fourth-order valence-corrected chi connectivity index (χ4v) is 1.77. The topological polar surface area (TPSA) is 44.9 Å². The zero-order valence-corrected chi connectivity index (χ0v) is 9.29. The molecule has 88 valence electrons. The first-order chi connectivity index (χ1) is 8.22. The van der Waals surface area contributed by atoms with Crippen molar-refractivity contribution < 1.29 is 9.18 Å². The number of aromatic nitrogens is 1. The van der Waals surface area contributed by atoms with Gasteiger partial charge in [0, 0.05) is 23.6 Å². The van der Waals surface area contributed by atoms with Gasteiger partial charge in [-0.25, -0.2) is 4.39 Å². The predicted molar refractivity (Wildman–Crippen MR) is 65.2 cm³/mol. The molecule has 2 rings (SSSR count). The number of halogens is 1. The Kier molecular flexibility index (Phi) is 3.23. The van der Waals surface area contributed by atoms with Crippen LogP contribution in [-0.2, 0) is 11.2 Å². The van der Waals surface area contributed by atoms with Gasteiger partial charge in [-0.3, -0.25) is 4.79 Å². The number of H-pyrrole nitrogens is 1. The third kappa shape index (κ3) is 2.36. The lowest BCUT2D eigenvalue weighted by atomic mass is 10.1. The molecule has 1 aromatic heterocycles. The maximum absolute atomic E-state index is 13.6. The van der Waals surface area contributed by atoms with Crippen LogP contribution in [0.15, 0.2) is 37.1 Å². The average molecular weight is 232 g/mol. The summed E-state index contributed by atoms with van der Waals surface area (Å²) in [5.41, 5.74) is 1.37. The van der Waals surface area contributed by atoms with E-state index in [2.05, 4.69) is 16.9 Å². The minimum absolute atomic E-state index is 0.144. The van der Waals surface area contributed by atoms with Crippen LogP contribution in [0.25, 0.3) is 10.9 Å². The Balaban J connectivity index is 2.24. The van der Waals surface area contributed by atoms with Crippen molar-refractivity contribution in [1.82, 2.24) is 10.3 Å². The van der Waals surface area contributed by atoms with Crippen LogP contribution < -0.4 is 5.32 Å². The van der Waals surface area contributed by atoms with Gasteiger partial charge in [-0.15, -0.1) is 6.58 Å². The van der Waals surface area contributed by atoms with E-state index in [-0.39, 0.29) is 18.1 Å². The van der Waals surface area contributed by atoms with E-state index < -0.39 is 0 Å². The summed E-state index contributed by atoms with van der Waals surface area (Å²) in [6.07, 6.45) is 3.43. The summed E-state index contributed by atoms with van der Waals surface area (Å²) in [6, 6.07) is 4.81. The number of aromatic amines is 1. The van der Waals surface area contributed by atoms with Crippen LogP contribution in [0, 0.1) is 5.82 Å². The van der Waals surface area contributed by atoms with Crippen molar-refractivity contribution in [3.8, 4) is 0 Å². The van der Waals surface area contributed by atoms with Gasteiger partial charge in [-0.1, -0.05) is 12.1 Å². The minimum Gasteiger partial charge on any atom is -0.361 e. The van der Waals surface area contributed by atoms with Gasteiger partial charge < -0.3 is 10.3 Å². The van der Waals surface area contributed by atoms with Crippen molar-refractivity contribution in [2.45, 2.75) is 6.42 Å². The number of fused-ring (bicyclic) bond motifs is 1. The van der Waals surface area contributed by atoms with Crippen LogP contribution in [0.4, 0.5) is 4.39 Å². The highest BCUT2D eigenvalue weighted by molar-refractivity contribution is 5.89. The molecule has 1 amide bonds. The highest BCUT2D eigenvalue weighted by Crippen LogP contribution is 2.21. The van der Waals surface area contributed by atoms with E-state index >= 15 is 0 Å². The average Bonchev–Trinajstić information content (AvgIpc) is 2.71. The van der Waals surface area contributed by atoms with E-state index in [0.29, 0.717) is 23.0 Å². The molecule has 0 saturated carbocycles. The maximum Gasteiger partial charge on any atom is 0.224 e. The van der Waals surface area contributed by atoms with E-state index in [4.69, 9.17) is 0 Å². The first kappa shape index (κ1) is 11.4. The minimum atomic E-state index is -0.310. The monoisotopic (exact) mass is 232 g/mol. The van der Waals surface area contributed by atoms with Gasteiger partial charge in [0.05, 0.1) is 6.42 Å². The number of benzene rings is 1. The van der Waals surface area contributed by atoms with Crippen molar-refractivity contribution >= 4 is 16.8 Å². The summed E-state index contributed by atoms with van der Waals surface area (Å²) in [4.78, 5) is 14.5. The predicted octanol–water partition coefficient (Wildman–Crippen LogP) is 2.15. The quantitative estimate of drug-likeness (QED) is 0.779. The molecule has 0 spiro atoms. The van der Waals surface area contributed by atoms with E-state index in [0.717, 1.165) is 0 Å². The second-order valence-corrected chi connectivity index (χ2v) is 3.75. The summed E-state index contributed by atoms with van der Waals surface area (Å²) in [7, 11) is 0. The fourth-order valence-electron chi connectivity index (χ4n) is 1.77. The second kappa shape index (κ2) is 4.82. The highest BCUT2D eigenvalue weighted by atomic mass is 19.1. The molecule has 0 aliphatic heterocycles. The van der Waals surface area contributed by atoms with Crippen molar-refractivity contribution in [1.29, 1.82) is 0 Å². The number of hydrogen-bond donors (Lipinski definition) is 2.